The highest BCUT2D eigenvalue weighted by Gasteiger charge is 2.72. The van der Waals surface area contributed by atoms with E-state index in [-0.39, 0.29) is 35.2 Å². The van der Waals surface area contributed by atoms with Gasteiger partial charge in [-0.2, -0.15) is 0 Å². The van der Waals surface area contributed by atoms with Gasteiger partial charge < -0.3 is 64.6 Å². The summed E-state index contributed by atoms with van der Waals surface area (Å²) in [5.41, 5.74) is -3.38. The molecule has 20 atom stereocenters. The van der Waals surface area contributed by atoms with E-state index in [1.807, 2.05) is 13.8 Å². The number of fused-ring (bicyclic) bond motifs is 7. The number of esters is 1. The van der Waals surface area contributed by atoms with Gasteiger partial charge in [0.2, 0.25) is 6.29 Å². The molecule has 0 aromatic rings. The molecule has 0 radical (unpaired) electrons. The molecule has 14 heteroatoms. The van der Waals surface area contributed by atoms with Crippen LogP contribution in [-0.2, 0) is 28.5 Å². The van der Waals surface area contributed by atoms with Crippen molar-refractivity contribution in [3.63, 3.8) is 0 Å². The molecule has 55 heavy (non-hydrogen) atoms. The third-order valence-corrected chi connectivity index (χ3v) is 17.2. The summed E-state index contributed by atoms with van der Waals surface area (Å²) in [5.74, 6) is -1.34. The van der Waals surface area contributed by atoms with E-state index in [1.165, 1.54) is 0 Å². The highest BCUT2D eigenvalue weighted by Crippen LogP contribution is 2.76. The lowest BCUT2D eigenvalue weighted by molar-refractivity contribution is -0.305. The predicted octanol–water partition coefficient (Wildman–Crippen LogP) is 1.11. The number of rotatable bonds is 6. The second-order valence-electron chi connectivity index (χ2n) is 19.5. The van der Waals surface area contributed by atoms with Crippen LogP contribution in [0.15, 0.2) is 11.6 Å². The second kappa shape index (κ2) is 14.0. The van der Waals surface area contributed by atoms with Gasteiger partial charge in [0.05, 0.1) is 35.7 Å². The zero-order valence-corrected chi connectivity index (χ0v) is 33.0. The number of allylic oxidation sites excluding steroid dienone is 1. The fourth-order valence-electron chi connectivity index (χ4n) is 13.4. The molecule has 0 spiro atoms. The molecule has 0 aromatic heterocycles. The first-order valence-electron chi connectivity index (χ1n) is 20.4. The molecule has 5 aliphatic carbocycles. The van der Waals surface area contributed by atoms with Gasteiger partial charge in [-0.1, -0.05) is 46.3 Å². The van der Waals surface area contributed by atoms with E-state index in [0.29, 0.717) is 38.5 Å². The SMILES string of the molecule is CC1CCC2(C(=O)OC3OC(CO)C(O)C(O)C3O)CCC3(C)C(=CCC4C5(C)CCC(OC6OCC(O)C(O)C6O)C(C)(C=O)C5CCC43C)C2C1(C)O. The molecule has 0 aromatic carbocycles. The van der Waals surface area contributed by atoms with Crippen LogP contribution in [0.1, 0.15) is 99.3 Å². The summed E-state index contributed by atoms with van der Waals surface area (Å²) < 4.78 is 23.4. The Bertz CT molecular complexity index is 1520. The highest BCUT2D eigenvalue weighted by molar-refractivity contribution is 5.79. The summed E-state index contributed by atoms with van der Waals surface area (Å²) in [6.45, 7) is 11.8. The normalized spacial score (nSPS) is 56.5. The van der Waals surface area contributed by atoms with Gasteiger partial charge >= 0.3 is 5.97 Å². The third-order valence-electron chi connectivity index (χ3n) is 17.2. The summed E-state index contributed by atoms with van der Waals surface area (Å²) >= 11 is 0. The van der Waals surface area contributed by atoms with E-state index in [1.54, 1.807) is 6.92 Å². The van der Waals surface area contributed by atoms with Crippen LogP contribution in [0, 0.1) is 50.7 Å². The number of carbonyl (C=O) groups excluding carboxylic acids is 2. The quantitative estimate of drug-likeness (QED) is 0.0817. The third kappa shape index (κ3) is 5.82. The summed E-state index contributed by atoms with van der Waals surface area (Å²) in [6.07, 6.45) is -5.08. The Morgan fingerprint density at radius 2 is 1.55 bits per heavy atom. The lowest BCUT2D eigenvalue weighted by Gasteiger charge is -2.71. The number of ether oxygens (including phenoxy) is 4. The smallest absolute Gasteiger partial charge is 0.315 e. The molecule has 2 saturated heterocycles. The molecule has 7 rings (SSSR count). The lowest BCUT2D eigenvalue weighted by atomic mass is 9.33. The van der Waals surface area contributed by atoms with Crippen LogP contribution in [0.25, 0.3) is 0 Å². The van der Waals surface area contributed by atoms with Gasteiger partial charge in [-0.05, 0) is 98.7 Å². The summed E-state index contributed by atoms with van der Waals surface area (Å²) in [4.78, 5) is 27.8. The summed E-state index contributed by atoms with van der Waals surface area (Å²) in [7, 11) is 0. The van der Waals surface area contributed by atoms with Gasteiger partial charge in [0.1, 0.15) is 49.0 Å². The van der Waals surface area contributed by atoms with Gasteiger partial charge in [0.15, 0.2) is 6.29 Å². The zero-order chi connectivity index (χ0) is 40.3. The molecule has 2 heterocycles. The average molecular weight is 781 g/mol. The Hall–Kier alpha value is -1.56. The highest BCUT2D eigenvalue weighted by atomic mass is 16.7. The number of hydrogen-bond donors (Lipinski definition) is 8. The van der Waals surface area contributed by atoms with Crippen molar-refractivity contribution in [2.24, 2.45) is 50.7 Å². The molecule has 8 N–H and O–H groups in total. The van der Waals surface area contributed by atoms with E-state index in [4.69, 9.17) is 18.9 Å². The Morgan fingerprint density at radius 1 is 0.855 bits per heavy atom. The molecule has 0 bridgehead atoms. The maximum Gasteiger partial charge on any atom is 0.315 e. The zero-order valence-electron chi connectivity index (χ0n) is 33.0. The van der Waals surface area contributed by atoms with Crippen molar-refractivity contribution < 1.29 is 69.4 Å². The standard InChI is InChI=1S/C41H64O14/c1-20-9-14-41(35(50)55-34-31(49)29(47)28(46)23(17-42)53-34)16-15-38(4)21(32(41)40(20,6)51)7-8-25-36(2)12-11-26(54-33-30(48)27(45)22(44)18-52-33)37(3,19-43)24(36)10-13-39(25,38)5/h7,19-20,22-34,42,44-49,51H,8-18H2,1-6H3. The van der Waals surface area contributed by atoms with Crippen molar-refractivity contribution in [2.75, 3.05) is 13.2 Å². The van der Waals surface area contributed by atoms with E-state index in [9.17, 15) is 50.4 Å². The Morgan fingerprint density at radius 3 is 2.22 bits per heavy atom. The first-order chi connectivity index (χ1) is 25.7. The Balaban J connectivity index is 1.20. The van der Waals surface area contributed by atoms with E-state index < -0.39 is 102 Å². The number of hydrogen-bond acceptors (Lipinski definition) is 14. The van der Waals surface area contributed by atoms with Crippen LogP contribution in [0.5, 0.6) is 0 Å². The first kappa shape index (κ1) is 41.6. The van der Waals surface area contributed by atoms with Gasteiger partial charge in [0, 0.05) is 5.92 Å². The predicted molar refractivity (Wildman–Crippen MR) is 193 cm³/mol. The van der Waals surface area contributed by atoms with Gasteiger partial charge in [-0.15, -0.1) is 0 Å². The largest absolute Gasteiger partial charge is 0.432 e. The van der Waals surface area contributed by atoms with Crippen molar-refractivity contribution in [1.82, 2.24) is 0 Å². The monoisotopic (exact) mass is 780 g/mol. The maximum absolute atomic E-state index is 14.6. The summed E-state index contributed by atoms with van der Waals surface area (Å²) in [6, 6.07) is 0. The molecule has 4 saturated carbocycles. The van der Waals surface area contributed by atoms with E-state index in [0.717, 1.165) is 31.1 Å². The Labute approximate surface area is 323 Å². The average Bonchev–Trinajstić information content (AvgIpc) is 3.14. The second-order valence-corrected chi connectivity index (χ2v) is 19.5. The number of aliphatic hydroxyl groups is 8. The molecule has 2 aliphatic heterocycles. The van der Waals surface area contributed by atoms with Gasteiger partial charge in [-0.25, -0.2) is 0 Å². The number of aldehydes is 1. The maximum atomic E-state index is 14.6. The fraction of sp³-hybridized carbons (Fsp3) is 0.902. The van der Waals surface area contributed by atoms with Crippen LogP contribution in [-0.4, -0.2) is 133 Å². The number of carbonyl (C=O) groups is 2. The van der Waals surface area contributed by atoms with Crippen molar-refractivity contribution in [2.45, 2.75) is 166 Å². The van der Waals surface area contributed by atoms with Crippen molar-refractivity contribution in [1.29, 1.82) is 0 Å². The van der Waals surface area contributed by atoms with E-state index in [2.05, 4.69) is 26.8 Å². The van der Waals surface area contributed by atoms with Gasteiger partial charge in [-0.3, -0.25) is 4.79 Å². The van der Waals surface area contributed by atoms with Crippen molar-refractivity contribution in [3.8, 4) is 0 Å². The molecule has 20 unspecified atom stereocenters. The van der Waals surface area contributed by atoms with Crippen LogP contribution in [0.3, 0.4) is 0 Å². The lowest BCUT2D eigenvalue weighted by Crippen LogP contribution is -2.68. The Kier molecular flexibility index (Phi) is 10.6. The van der Waals surface area contributed by atoms with Crippen molar-refractivity contribution >= 4 is 12.3 Å². The molecule has 14 nitrogen and oxygen atoms in total. The molecule has 7 aliphatic rings. The molecule has 0 amide bonds. The van der Waals surface area contributed by atoms with Gasteiger partial charge in [0.25, 0.3) is 0 Å². The van der Waals surface area contributed by atoms with Crippen LogP contribution < -0.4 is 0 Å². The van der Waals surface area contributed by atoms with Crippen molar-refractivity contribution in [3.05, 3.63) is 11.6 Å². The minimum absolute atomic E-state index is 0.0712. The minimum atomic E-state index is -1.74. The molecule has 6 fully saturated rings. The number of aliphatic hydroxyl groups excluding tert-OH is 7. The molecule has 312 valence electrons. The molecular formula is C41H64O14. The van der Waals surface area contributed by atoms with Crippen LogP contribution in [0.4, 0.5) is 0 Å². The van der Waals surface area contributed by atoms with E-state index >= 15 is 0 Å². The summed E-state index contributed by atoms with van der Waals surface area (Å²) in [5, 5.41) is 84.8. The topological polar surface area (TPSA) is 233 Å². The van der Waals surface area contributed by atoms with Crippen LogP contribution in [0.2, 0.25) is 0 Å². The molecular weight excluding hydrogens is 716 g/mol. The fourth-order valence-corrected chi connectivity index (χ4v) is 13.4. The minimum Gasteiger partial charge on any atom is -0.432 e. The first-order valence-corrected chi connectivity index (χ1v) is 20.4. The van der Waals surface area contributed by atoms with Crippen LogP contribution >= 0.6 is 0 Å².